The second kappa shape index (κ2) is 7.90. The van der Waals surface area contributed by atoms with Gasteiger partial charge in [-0.05, 0) is 44.4 Å². The van der Waals surface area contributed by atoms with Crippen LogP contribution in [0.25, 0.3) is 0 Å². The molecule has 0 atom stereocenters. The highest BCUT2D eigenvalue weighted by molar-refractivity contribution is 5.69. The van der Waals surface area contributed by atoms with Gasteiger partial charge in [0.25, 0.3) is 0 Å². The van der Waals surface area contributed by atoms with Crippen molar-refractivity contribution >= 4 is 11.7 Å². The molecule has 1 aromatic rings. The lowest BCUT2D eigenvalue weighted by Crippen LogP contribution is -2.11. The highest BCUT2D eigenvalue weighted by atomic mass is 19.4. The first-order valence-corrected chi connectivity index (χ1v) is 6.92. The smallest absolute Gasteiger partial charge is 0.416 e. The molecule has 1 N–H and O–H groups in total. The summed E-state index contributed by atoms with van der Waals surface area (Å²) < 4.78 is 43.1. The summed E-state index contributed by atoms with van der Waals surface area (Å²) in [6.07, 6.45) is -2.68. The standard InChI is InChI=1S/C15H20F3NO2/c1-3-21-14(20)9-4-5-10-19-13-8-6-7-12(11(13)2)15(16,17)18/h6-8,19H,3-5,9-10H2,1-2H3. The van der Waals surface area contributed by atoms with Crippen molar-refractivity contribution in [1.82, 2.24) is 0 Å². The number of hydrogen-bond acceptors (Lipinski definition) is 3. The monoisotopic (exact) mass is 303 g/mol. The Bertz CT molecular complexity index is 472. The van der Waals surface area contributed by atoms with Gasteiger partial charge in [0, 0.05) is 18.7 Å². The van der Waals surface area contributed by atoms with E-state index in [2.05, 4.69) is 5.32 Å². The Morgan fingerprint density at radius 1 is 1.29 bits per heavy atom. The number of carbonyl (C=O) groups is 1. The zero-order chi connectivity index (χ0) is 15.9. The molecule has 0 aliphatic heterocycles. The maximum absolute atomic E-state index is 12.8. The van der Waals surface area contributed by atoms with Crippen molar-refractivity contribution in [3.63, 3.8) is 0 Å². The molecule has 118 valence electrons. The molecule has 0 saturated heterocycles. The van der Waals surface area contributed by atoms with Crippen molar-refractivity contribution in [3.05, 3.63) is 29.3 Å². The van der Waals surface area contributed by atoms with Crippen LogP contribution in [-0.4, -0.2) is 19.1 Å². The van der Waals surface area contributed by atoms with Crippen molar-refractivity contribution in [2.45, 2.75) is 39.3 Å². The number of hydrogen-bond donors (Lipinski definition) is 1. The topological polar surface area (TPSA) is 38.3 Å². The minimum Gasteiger partial charge on any atom is -0.466 e. The summed E-state index contributed by atoms with van der Waals surface area (Å²) in [6.45, 7) is 4.07. The molecule has 0 aliphatic rings. The molecule has 0 saturated carbocycles. The number of anilines is 1. The van der Waals surface area contributed by atoms with Gasteiger partial charge in [0.1, 0.15) is 0 Å². The molecule has 0 fully saturated rings. The first-order valence-electron chi connectivity index (χ1n) is 6.92. The van der Waals surface area contributed by atoms with Gasteiger partial charge in [-0.2, -0.15) is 13.2 Å². The number of ether oxygens (including phenoxy) is 1. The molecule has 3 nitrogen and oxygen atoms in total. The van der Waals surface area contributed by atoms with Crippen molar-refractivity contribution < 1.29 is 22.7 Å². The molecule has 6 heteroatoms. The van der Waals surface area contributed by atoms with Gasteiger partial charge in [0.2, 0.25) is 0 Å². The van der Waals surface area contributed by atoms with Gasteiger partial charge in [0.15, 0.2) is 0 Å². The Hall–Kier alpha value is -1.72. The van der Waals surface area contributed by atoms with E-state index in [0.29, 0.717) is 38.1 Å². The van der Waals surface area contributed by atoms with Crippen LogP contribution in [0.1, 0.15) is 37.3 Å². The summed E-state index contributed by atoms with van der Waals surface area (Å²) in [4.78, 5) is 11.1. The molecule has 1 rings (SSSR count). The van der Waals surface area contributed by atoms with Gasteiger partial charge in [-0.1, -0.05) is 6.07 Å². The lowest BCUT2D eigenvalue weighted by molar-refractivity contribution is -0.143. The van der Waals surface area contributed by atoms with Crippen LogP contribution in [0.3, 0.4) is 0 Å². The molecule has 1 aromatic carbocycles. The van der Waals surface area contributed by atoms with Crippen LogP contribution in [0.5, 0.6) is 0 Å². The van der Waals surface area contributed by atoms with Gasteiger partial charge in [-0.15, -0.1) is 0 Å². The summed E-state index contributed by atoms with van der Waals surface area (Å²) in [5.41, 5.74) is 0.0374. The molecule has 0 amide bonds. The average molecular weight is 303 g/mol. The van der Waals surface area contributed by atoms with E-state index < -0.39 is 11.7 Å². The fraction of sp³-hybridized carbons (Fsp3) is 0.533. The van der Waals surface area contributed by atoms with Gasteiger partial charge in [0.05, 0.1) is 12.2 Å². The van der Waals surface area contributed by atoms with Crippen LogP contribution in [0, 0.1) is 6.92 Å². The summed E-state index contributed by atoms with van der Waals surface area (Å²) in [6, 6.07) is 4.08. The van der Waals surface area contributed by atoms with Gasteiger partial charge in [-0.3, -0.25) is 4.79 Å². The highest BCUT2D eigenvalue weighted by Crippen LogP contribution is 2.34. The largest absolute Gasteiger partial charge is 0.466 e. The first kappa shape index (κ1) is 17.3. The quantitative estimate of drug-likeness (QED) is 0.607. The molecule has 0 aromatic heterocycles. The van der Waals surface area contributed by atoms with Gasteiger partial charge >= 0.3 is 12.1 Å². The summed E-state index contributed by atoms with van der Waals surface area (Å²) in [7, 11) is 0. The van der Waals surface area contributed by atoms with Crippen molar-refractivity contribution in [2.75, 3.05) is 18.5 Å². The third-order valence-electron chi connectivity index (χ3n) is 3.07. The lowest BCUT2D eigenvalue weighted by Gasteiger charge is -2.15. The maximum atomic E-state index is 12.8. The van der Waals surface area contributed by atoms with Crippen molar-refractivity contribution in [3.8, 4) is 0 Å². The Morgan fingerprint density at radius 2 is 2.00 bits per heavy atom. The number of nitrogens with one attached hydrogen (secondary N) is 1. The molecule has 0 spiro atoms. The van der Waals surface area contributed by atoms with E-state index in [0.717, 1.165) is 6.07 Å². The minimum atomic E-state index is -4.34. The van der Waals surface area contributed by atoms with Crippen molar-refractivity contribution in [2.24, 2.45) is 0 Å². The SMILES string of the molecule is CCOC(=O)CCCCNc1cccc(C(F)(F)F)c1C. The maximum Gasteiger partial charge on any atom is 0.416 e. The Labute approximate surface area is 122 Å². The minimum absolute atomic E-state index is 0.190. The van der Waals surface area contributed by atoms with Crippen LogP contribution < -0.4 is 5.32 Å². The second-order valence-corrected chi connectivity index (χ2v) is 4.66. The van der Waals surface area contributed by atoms with E-state index in [1.807, 2.05) is 0 Å². The summed E-state index contributed by atoms with van der Waals surface area (Å²) >= 11 is 0. The van der Waals surface area contributed by atoms with Crippen LogP contribution in [-0.2, 0) is 15.7 Å². The average Bonchev–Trinajstić information content (AvgIpc) is 2.39. The van der Waals surface area contributed by atoms with Crippen LogP contribution >= 0.6 is 0 Å². The fourth-order valence-corrected chi connectivity index (χ4v) is 1.98. The number of unbranched alkanes of at least 4 members (excludes halogenated alkanes) is 1. The molecule has 0 heterocycles. The van der Waals surface area contributed by atoms with E-state index in [9.17, 15) is 18.0 Å². The molecule has 0 bridgehead atoms. The molecule has 0 unspecified atom stereocenters. The molecule has 21 heavy (non-hydrogen) atoms. The van der Waals surface area contributed by atoms with Crippen LogP contribution in [0.15, 0.2) is 18.2 Å². The Morgan fingerprint density at radius 3 is 2.62 bits per heavy atom. The van der Waals surface area contributed by atoms with E-state index >= 15 is 0 Å². The Balaban J connectivity index is 2.45. The fourth-order valence-electron chi connectivity index (χ4n) is 1.98. The van der Waals surface area contributed by atoms with E-state index in [1.54, 1.807) is 13.0 Å². The van der Waals surface area contributed by atoms with Crippen LogP contribution in [0.2, 0.25) is 0 Å². The van der Waals surface area contributed by atoms with Crippen molar-refractivity contribution in [1.29, 1.82) is 0 Å². The van der Waals surface area contributed by atoms with Gasteiger partial charge in [-0.25, -0.2) is 0 Å². The second-order valence-electron chi connectivity index (χ2n) is 4.66. The number of halogens is 3. The summed E-state index contributed by atoms with van der Waals surface area (Å²) in [5, 5.41) is 2.98. The first-order chi connectivity index (χ1) is 9.86. The van der Waals surface area contributed by atoms with E-state index in [-0.39, 0.29) is 11.5 Å². The Kier molecular flexibility index (Phi) is 6.52. The number of alkyl halides is 3. The lowest BCUT2D eigenvalue weighted by atomic mass is 10.1. The number of esters is 1. The molecule has 0 aliphatic carbocycles. The zero-order valence-corrected chi connectivity index (χ0v) is 12.2. The molecular formula is C15H20F3NO2. The predicted molar refractivity (Wildman–Crippen MR) is 75.2 cm³/mol. The molecular weight excluding hydrogens is 283 g/mol. The molecule has 0 radical (unpaired) electrons. The predicted octanol–water partition coefficient (Wildman–Crippen LogP) is 4.16. The van der Waals surface area contributed by atoms with Gasteiger partial charge < -0.3 is 10.1 Å². The number of carbonyl (C=O) groups excluding carboxylic acids is 1. The number of benzene rings is 1. The van der Waals surface area contributed by atoms with E-state index in [4.69, 9.17) is 4.74 Å². The highest BCUT2D eigenvalue weighted by Gasteiger charge is 2.32. The third kappa shape index (κ3) is 5.65. The normalized spacial score (nSPS) is 11.3. The zero-order valence-electron chi connectivity index (χ0n) is 12.2. The number of rotatable bonds is 7. The van der Waals surface area contributed by atoms with Crippen LogP contribution in [0.4, 0.5) is 18.9 Å². The third-order valence-corrected chi connectivity index (χ3v) is 3.07. The summed E-state index contributed by atoms with van der Waals surface area (Å²) in [5.74, 6) is -0.243. The van der Waals surface area contributed by atoms with E-state index in [1.165, 1.54) is 13.0 Å².